The summed E-state index contributed by atoms with van der Waals surface area (Å²) in [5.74, 6) is 0. The minimum absolute atomic E-state index is 0.137. The third kappa shape index (κ3) is 4.20. The van der Waals surface area contributed by atoms with Crippen LogP contribution in [-0.4, -0.2) is 34.2 Å². The molecule has 3 nitrogen and oxygen atoms in total. The zero-order chi connectivity index (χ0) is 14.7. The summed E-state index contributed by atoms with van der Waals surface area (Å²) >= 11 is 9.58. The largest absolute Gasteiger partial charge is 0.393 e. The van der Waals surface area contributed by atoms with E-state index in [4.69, 9.17) is 11.6 Å². The number of hydrogen-bond donors (Lipinski definition) is 1. The summed E-state index contributed by atoms with van der Waals surface area (Å²) in [7, 11) is 0. The molecule has 0 saturated carbocycles. The van der Waals surface area contributed by atoms with Crippen molar-refractivity contribution < 1.29 is 5.11 Å². The molecule has 1 aromatic carbocycles. The van der Waals surface area contributed by atoms with Gasteiger partial charge in [-0.1, -0.05) is 41.6 Å². The summed E-state index contributed by atoms with van der Waals surface area (Å²) in [5, 5.41) is 10.2. The van der Waals surface area contributed by atoms with Crippen LogP contribution in [-0.2, 0) is 6.54 Å². The first kappa shape index (κ1) is 15.3. The van der Waals surface area contributed by atoms with Gasteiger partial charge in [-0.25, -0.2) is 4.98 Å². The fourth-order valence-electron chi connectivity index (χ4n) is 2.32. The minimum Gasteiger partial charge on any atom is -0.393 e. The van der Waals surface area contributed by atoms with Crippen LogP contribution in [0.1, 0.15) is 17.7 Å². The van der Waals surface area contributed by atoms with E-state index < -0.39 is 0 Å². The molecule has 1 fully saturated rings. The van der Waals surface area contributed by atoms with Gasteiger partial charge < -0.3 is 5.11 Å². The van der Waals surface area contributed by atoms with Gasteiger partial charge in [-0.2, -0.15) is 0 Å². The summed E-state index contributed by atoms with van der Waals surface area (Å²) in [6.45, 7) is 2.69. The molecule has 1 aliphatic rings. The van der Waals surface area contributed by atoms with Crippen LogP contribution in [0.5, 0.6) is 0 Å². The topological polar surface area (TPSA) is 36.4 Å². The van der Waals surface area contributed by atoms with Crippen molar-refractivity contribution in [2.24, 2.45) is 0 Å². The summed E-state index contributed by atoms with van der Waals surface area (Å²) in [6, 6.07) is 10.2. The molecular weight excluding hydrogens is 324 g/mol. The van der Waals surface area contributed by atoms with E-state index in [-0.39, 0.29) is 6.10 Å². The first-order valence-electron chi connectivity index (χ1n) is 6.99. The summed E-state index contributed by atoms with van der Waals surface area (Å²) in [4.78, 5) is 9.09. The van der Waals surface area contributed by atoms with Crippen molar-refractivity contribution in [2.45, 2.75) is 34.7 Å². The molecule has 0 atom stereocenters. The highest BCUT2D eigenvalue weighted by molar-refractivity contribution is 8.01. The van der Waals surface area contributed by atoms with Gasteiger partial charge in [-0.3, -0.25) is 4.90 Å². The Bertz CT molecular complexity index is 583. The lowest BCUT2D eigenvalue weighted by Crippen LogP contribution is -2.35. The van der Waals surface area contributed by atoms with Crippen LogP contribution in [0.25, 0.3) is 0 Å². The lowest BCUT2D eigenvalue weighted by atomic mass is 10.1. The number of piperidine rings is 1. The number of rotatable bonds is 4. The van der Waals surface area contributed by atoms with Crippen molar-refractivity contribution in [1.82, 2.24) is 9.88 Å². The number of aliphatic hydroxyl groups excluding tert-OH is 1. The number of nitrogens with zero attached hydrogens (tertiary/aromatic N) is 2. The van der Waals surface area contributed by atoms with Gasteiger partial charge >= 0.3 is 0 Å². The van der Waals surface area contributed by atoms with Gasteiger partial charge in [0.25, 0.3) is 0 Å². The van der Waals surface area contributed by atoms with E-state index in [1.807, 2.05) is 18.2 Å². The number of thiazole rings is 1. The van der Waals surface area contributed by atoms with Crippen LogP contribution in [0.4, 0.5) is 0 Å². The van der Waals surface area contributed by atoms with Gasteiger partial charge in [0, 0.05) is 24.5 Å². The number of hydrogen-bond acceptors (Lipinski definition) is 5. The van der Waals surface area contributed by atoms with Gasteiger partial charge in [0.15, 0.2) is 4.34 Å². The lowest BCUT2D eigenvalue weighted by Gasteiger charge is -2.28. The Hall–Kier alpha value is -0.590. The smallest absolute Gasteiger partial charge is 0.156 e. The summed E-state index contributed by atoms with van der Waals surface area (Å²) in [5.41, 5.74) is 0. The molecule has 1 N–H and O–H groups in total. The van der Waals surface area contributed by atoms with E-state index in [1.165, 1.54) is 4.90 Å². The van der Waals surface area contributed by atoms with Gasteiger partial charge in [0.2, 0.25) is 0 Å². The van der Waals surface area contributed by atoms with Crippen LogP contribution < -0.4 is 0 Å². The monoisotopic (exact) mass is 340 g/mol. The average Bonchev–Trinajstić information content (AvgIpc) is 2.82. The molecule has 3 rings (SSSR count). The van der Waals surface area contributed by atoms with E-state index >= 15 is 0 Å². The Kier molecular flexibility index (Phi) is 5.19. The number of halogens is 1. The van der Waals surface area contributed by atoms with Crippen molar-refractivity contribution >= 4 is 34.7 Å². The Balaban J connectivity index is 1.64. The van der Waals surface area contributed by atoms with Crippen molar-refractivity contribution in [2.75, 3.05) is 13.1 Å². The third-order valence-electron chi connectivity index (χ3n) is 3.50. The average molecular weight is 341 g/mol. The normalized spacial score (nSPS) is 17.2. The number of aliphatic hydroxyl groups is 1. The summed E-state index contributed by atoms with van der Waals surface area (Å²) < 4.78 is 0.984. The molecule has 0 radical (unpaired) electrons. The number of likely N-dealkylation sites (tertiary alicyclic amines) is 1. The van der Waals surface area contributed by atoms with Crippen LogP contribution >= 0.6 is 34.7 Å². The molecule has 21 heavy (non-hydrogen) atoms. The molecule has 6 heteroatoms. The van der Waals surface area contributed by atoms with E-state index in [2.05, 4.69) is 22.0 Å². The Morgan fingerprint density at radius 1 is 1.29 bits per heavy atom. The fraction of sp³-hybridized carbons (Fsp3) is 0.400. The maximum absolute atomic E-state index is 9.55. The Morgan fingerprint density at radius 2 is 2.00 bits per heavy atom. The molecule has 2 heterocycles. The molecule has 2 aromatic rings. The van der Waals surface area contributed by atoms with Gasteiger partial charge in [-0.15, -0.1) is 11.3 Å². The van der Waals surface area contributed by atoms with Gasteiger partial charge in [0.1, 0.15) is 5.15 Å². The van der Waals surface area contributed by atoms with E-state index in [0.29, 0.717) is 5.15 Å². The maximum Gasteiger partial charge on any atom is 0.156 e. The van der Waals surface area contributed by atoms with Crippen molar-refractivity contribution in [3.05, 3.63) is 40.4 Å². The standard InChI is InChI=1S/C15H17ClN2OS2/c16-14-13(10-18-8-6-11(19)7-9-18)21-15(17-14)20-12-4-2-1-3-5-12/h1-5,11,19H,6-10H2. The molecule has 0 aliphatic carbocycles. The molecule has 1 saturated heterocycles. The predicted molar refractivity (Wildman–Crippen MR) is 88.2 cm³/mol. The zero-order valence-electron chi connectivity index (χ0n) is 11.5. The molecule has 1 aromatic heterocycles. The first-order valence-corrected chi connectivity index (χ1v) is 9.00. The Labute approximate surface area is 138 Å². The molecule has 1 aliphatic heterocycles. The van der Waals surface area contributed by atoms with Crippen LogP contribution in [0.2, 0.25) is 5.15 Å². The maximum atomic E-state index is 9.55. The third-order valence-corrected chi connectivity index (χ3v) is 6.04. The highest BCUT2D eigenvalue weighted by atomic mass is 35.5. The van der Waals surface area contributed by atoms with Crippen molar-refractivity contribution in [3.63, 3.8) is 0 Å². The van der Waals surface area contributed by atoms with Crippen LogP contribution in [0, 0.1) is 0 Å². The highest BCUT2D eigenvalue weighted by Crippen LogP contribution is 2.35. The van der Waals surface area contributed by atoms with Crippen molar-refractivity contribution in [1.29, 1.82) is 0 Å². The molecular formula is C15H17ClN2OS2. The van der Waals surface area contributed by atoms with E-state index in [9.17, 15) is 5.11 Å². The van der Waals surface area contributed by atoms with E-state index in [1.54, 1.807) is 23.1 Å². The molecule has 0 spiro atoms. The highest BCUT2D eigenvalue weighted by Gasteiger charge is 2.19. The molecule has 0 amide bonds. The summed E-state index contributed by atoms with van der Waals surface area (Å²) in [6.07, 6.45) is 1.56. The molecule has 0 bridgehead atoms. The second kappa shape index (κ2) is 7.11. The minimum atomic E-state index is -0.137. The van der Waals surface area contributed by atoms with E-state index in [0.717, 1.165) is 41.7 Å². The second-order valence-corrected chi connectivity index (χ2v) is 7.88. The van der Waals surface area contributed by atoms with Gasteiger partial charge in [-0.05, 0) is 25.0 Å². The SMILES string of the molecule is OC1CCN(Cc2sc(Sc3ccccc3)nc2Cl)CC1. The Morgan fingerprint density at radius 3 is 2.71 bits per heavy atom. The zero-order valence-corrected chi connectivity index (χ0v) is 13.9. The van der Waals surface area contributed by atoms with Gasteiger partial charge in [0.05, 0.1) is 11.0 Å². The molecule has 112 valence electrons. The molecule has 0 unspecified atom stereocenters. The first-order chi connectivity index (χ1) is 10.2. The van der Waals surface area contributed by atoms with Crippen LogP contribution in [0.15, 0.2) is 39.6 Å². The second-order valence-electron chi connectivity index (χ2n) is 5.12. The van der Waals surface area contributed by atoms with Crippen LogP contribution in [0.3, 0.4) is 0 Å². The number of benzene rings is 1. The number of aromatic nitrogens is 1. The fourth-order valence-corrected chi connectivity index (χ4v) is 4.80. The predicted octanol–water partition coefficient (Wildman–Crippen LogP) is 3.90. The lowest BCUT2D eigenvalue weighted by molar-refractivity contribution is 0.0797. The van der Waals surface area contributed by atoms with Crippen molar-refractivity contribution in [3.8, 4) is 0 Å². The quantitative estimate of drug-likeness (QED) is 0.915.